The number of nitrogens with two attached hydrogens (primary N) is 1. The number of carbonyl (C=O) groups excluding carboxylic acids is 3. The van der Waals surface area contributed by atoms with Crippen molar-refractivity contribution in [1.29, 1.82) is 0 Å². The number of rotatable bonds is 12. The van der Waals surface area contributed by atoms with Gasteiger partial charge in [0.15, 0.2) is 17.3 Å². The van der Waals surface area contributed by atoms with Crippen molar-refractivity contribution in [3.8, 4) is 11.5 Å². The number of hydrogen-bond acceptors (Lipinski definition) is 11. The molecule has 12 heteroatoms. The van der Waals surface area contributed by atoms with Gasteiger partial charge in [0.25, 0.3) is 5.97 Å². The molecule has 1 aliphatic heterocycles. The maximum absolute atomic E-state index is 13.7. The SMILES string of the molecule is C=C(C)C1C[C@@H](C)C2C(C=C(COC(=O)Cc3ccc(OC(=O)N(C)CCCN)c(OC)c3)CC3(O)C(=O)C(C)=CC23)C(C)O[C@](O)(Cc2ccccc2)O1. The molecule has 1 saturated heterocycles. The Morgan fingerprint density at radius 3 is 2.45 bits per heavy atom. The lowest BCUT2D eigenvalue weighted by Gasteiger charge is -2.40. The Labute approximate surface area is 323 Å². The molecular weight excluding hydrogens is 704 g/mol. The zero-order chi connectivity index (χ0) is 40.1. The van der Waals surface area contributed by atoms with Gasteiger partial charge in [0.05, 0.1) is 32.2 Å². The lowest BCUT2D eigenvalue weighted by molar-refractivity contribution is -0.384. The fraction of sp³-hybridized carbons (Fsp3) is 0.512. The number of benzene rings is 2. The van der Waals surface area contributed by atoms with Crippen LogP contribution in [0.4, 0.5) is 4.79 Å². The molecule has 4 N–H and O–H groups in total. The summed E-state index contributed by atoms with van der Waals surface area (Å²) in [6.07, 6.45) is 3.03. The van der Waals surface area contributed by atoms with Gasteiger partial charge in [-0.25, -0.2) is 4.79 Å². The minimum atomic E-state index is -2.01. The van der Waals surface area contributed by atoms with Crippen LogP contribution in [0.3, 0.4) is 0 Å². The summed E-state index contributed by atoms with van der Waals surface area (Å²) in [5.74, 6) is -3.85. The molecule has 12 nitrogen and oxygen atoms in total. The average Bonchev–Trinajstić information content (AvgIpc) is 3.28. The topological polar surface area (TPSA) is 167 Å². The third-order valence-electron chi connectivity index (χ3n) is 11.0. The third kappa shape index (κ3) is 9.74. The molecule has 3 aliphatic rings. The van der Waals surface area contributed by atoms with Crippen LogP contribution in [-0.2, 0) is 36.6 Å². The molecule has 1 heterocycles. The Balaban J connectivity index is 1.39. The third-order valence-corrected chi connectivity index (χ3v) is 11.0. The number of ketones is 1. The Hall–Kier alpha value is -4.33. The second-order valence-electron chi connectivity index (χ2n) is 15.4. The molecule has 0 saturated carbocycles. The van der Waals surface area contributed by atoms with E-state index in [1.165, 1.54) is 12.0 Å². The highest BCUT2D eigenvalue weighted by atomic mass is 16.8. The number of nitrogens with zero attached hydrogens (tertiary/aromatic N) is 1. The zero-order valence-corrected chi connectivity index (χ0v) is 32.8. The van der Waals surface area contributed by atoms with Crippen LogP contribution < -0.4 is 15.2 Å². The van der Waals surface area contributed by atoms with Crippen molar-refractivity contribution >= 4 is 17.8 Å². The monoisotopic (exact) mass is 760 g/mol. The lowest BCUT2D eigenvalue weighted by atomic mass is 9.67. The molecule has 2 aromatic carbocycles. The van der Waals surface area contributed by atoms with Gasteiger partial charge in [-0.1, -0.05) is 67.6 Å². The second kappa shape index (κ2) is 17.6. The number of fused-ring (bicyclic) bond motifs is 3. The Morgan fingerprint density at radius 1 is 1.05 bits per heavy atom. The second-order valence-corrected chi connectivity index (χ2v) is 15.4. The lowest BCUT2D eigenvalue weighted by Crippen LogP contribution is -2.48. The van der Waals surface area contributed by atoms with Crippen LogP contribution in [0, 0.1) is 23.7 Å². The molecule has 2 aromatic rings. The van der Waals surface area contributed by atoms with Crippen molar-refractivity contribution in [2.45, 2.75) is 83.6 Å². The van der Waals surface area contributed by atoms with Crippen molar-refractivity contribution in [2.75, 3.05) is 33.9 Å². The molecule has 0 aromatic heterocycles. The molecule has 1 amide bonds. The van der Waals surface area contributed by atoms with E-state index in [0.29, 0.717) is 48.2 Å². The molecule has 5 rings (SSSR count). The Kier molecular flexibility index (Phi) is 13.4. The van der Waals surface area contributed by atoms with Crippen LogP contribution in [-0.4, -0.2) is 90.6 Å². The highest BCUT2D eigenvalue weighted by Crippen LogP contribution is 2.51. The normalized spacial score (nSPS) is 29.2. The van der Waals surface area contributed by atoms with Gasteiger partial charge in [-0.15, -0.1) is 0 Å². The molecule has 6 unspecified atom stereocenters. The van der Waals surface area contributed by atoms with Gasteiger partial charge < -0.3 is 44.5 Å². The number of ether oxygens (including phenoxy) is 5. The molecule has 55 heavy (non-hydrogen) atoms. The molecule has 0 radical (unpaired) electrons. The number of aliphatic hydroxyl groups is 2. The molecule has 1 fully saturated rings. The van der Waals surface area contributed by atoms with E-state index in [0.717, 1.165) is 5.56 Å². The summed E-state index contributed by atoms with van der Waals surface area (Å²) >= 11 is 0. The van der Waals surface area contributed by atoms with Gasteiger partial charge in [0, 0.05) is 31.8 Å². The van der Waals surface area contributed by atoms with Gasteiger partial charge in [-0.2, -0.15) is 0 Å². The highest BCUT2D eigenvalue weighted by Gasteiger charge is 2.56. The number of hydrogen-bond donors (Lipinski definition) is 3. The standard InChI is InChI=1S/C43H56N2O10/c1-26(2)36-19-27(3)39-33(29(5)54-43(50,55-36)24-30-12-9-8-10-13-30)20-32(23-42(49)34(39)18-28(4)40(42)47)25-52-38(46)22-31-14-15-35(37(21-31)51-7)53-41(48)45(6)17-11-16-44/h8-10,12-15,18,20-21,27,29,33-34,36,39,49-50H,1,11,16-17,19,22-25,44H2,2-7H3/t27-,29?,33?,34?,36?,39?,42?,43-/m1/s1. The quantitative estimate of drug-likeness (QED) is 0.190. The summed E-state index contributed by atoms with van der Waals surface area (Å²) in [7, 11) is 3.05. The highest BCUT2D eigenvalue weighted by molar-refractivity contribution is 6.04. The molecule has 0 bridgehead atoms. The van der Waals surface area contributed by atoms with Crippen LogP contribution in [0.25, 0.3) is 0 Å². The average molecular weight is 761 g/mol. The van der Waals surface area contributed by atoms with Crippen molar-refractivity contribution in [3.63, 3.8) is 0 Å². The van der Waals surface area contributed by atoms with Crippen LogP contribution >= 0.6 is 0 Å². The first kappa shape index (κ1) is 41.8. The van der Waals surface area contributed by atoms with Gasteiger partial charge in [-0.05, 0) is 86.4 Å². The summed E-state index contributed by atoms with van der Waals surface area (Å²) < 4.78 is 29.6. The van der Waals surface area contributed by atoms with Crippen molar-refractivity contribution in [1.82, 2.24) is 4.90 Å². The Bertz CT molecular complexity index is 1790. The minimum Gasteiger partial charge on any atom is -0.493 e. The predicted molar refractivity (Wildman–Crippen MR) is 206 cm³/mol. The summed E-state index contributed by atoms with van der Waals surface area (Å²) in [4.78, 5) is 41.0. The maximum Gasteiger partial charge on any atom is 0.415 e. The van der Waals surface area contributed by atoms with E-state index in [2.05, 4.69) is 13.5 Å². The van der Waals surface area contributed by atoms with Crippen molar-refractivity contribution < 1.29 is 48.3 Å². The number of Topliss-reactive ketones (excluding diaryl/α,β-unsaturated/α-hetero) is 1. The smallest absolute Gasteiger partial charge is 0.415 e. The van der Waals surface area contributed by atoms with Gasteiger partial charge in [0.1, 0.15) is 12.2 Å². The minimum absolute atomic E-state index is 0.0353. The fourth-order valence-corrected chi connectivity index (χ4v) is 8.20. The van der Waals surface area contributed by atoms with Gasteiger partial charge in [-0.3, -0.25) is 9.59 Å². The molecule has 8 atom stereocenters. The van der Waals surface area contributed by atoms with E-state index in [1.54, 1.807) is 32.2 Å². The number of carbonyl (C=O) groups is 3. The first-order valence-corrected chi connectivity index (χ1v) is 19.0. The Morgan fingerprint density at radius 2 is 1.78 bits per heavy atom. The predicted octanol–water partition coefficient (Wildman–Crippen LogP) is 5.29. The van der Waals surface area contributed by atoms with E-state index >= 15 is 0 Å². The number of esters is 1. The van der Waals surface area contributed by atoms with Crippen molar-refractivity contribution in [2.24, 2.45) is 29.4 Å². The molecule has 0 spiro atoms. The summed E-state index contributed by atoms with van der Waals surface area (Å²) in [5.41, 5.74) is 6.93. The van der Waals surface area contributed by atoms with E-state index < -0.39 is 47.7 Å². The van der Waals surface area contributed by atoms with E-state index in [1.807, 2.05) is 56.3 Å². The number of amides is 1. The van der Waals surface area contributed by atoms with Crippen LogP contribution in [0.15, 0.2) is 84.0 Å². The van der Waals surface area contributed by atoms with E-state index in [4.69, 9.17) is 29.4 Å². The molecule has 2 aliphatic carbocycles. The van der Waals surface area contributed by atoms with Crippen LogP contribution in [0.5, 0.6) is 11.5 Å². The first-order chi connectivity index (χ1) is 26.1. The first-order valence-electron chi connectivity index (χ1n) is 19.0. The summed E-state index contributed by atoms with van der Waals surface area (Å²) in [5, 5.41) is 24.3. The molecular formula is C43H56N2O10. The maximum atomic E-state index is 13.7. The number of methoxy groups -OCH3 is 1. The van der Waals surface area contributed by atoms with E-state index in [9.17, 15) is 24.6 Å². The van der Waals surface area contributed by atoms with Crippen LogP contribution in [0.1, 0.15) is 58.1 Å². The van der Waals surface area contributed by atoms with E-state index in [-0.39, 0.29) is 55.0 Å². The fourth-order valence-electron chi connectivity index (χ4n) is 8.20. The largest absolute Gasteiger partial charge is 0.493 e. The van der Waals surface area contributed by atoms with Crippen molar-refractivity contribution in [3.05, 3.63) is 95.1 Å². The zero-order valence-electron chi connectivity index (χ0n) is 32.8. The van der Waals surface area contributed by atoms with Gasteiger partial charge in [0.2, 0.25) is 0 Å². The summed E-state index contributed by atoms with van der Waals surface area (Å²) in [6, 6.07) is 14.3. The van der Waals surface area contributed by atoms with Gasteiger partial charge >= 0.3 is 12.1 Å². The summed E-state index contributed by atoms with van der Waals surface area (Å²) in [6.45, 7) is 12.4. The van der Waals surface area contributed by atoms with Crippen LogP contribution in [0.2, 0.25) is 0 Å². The molecule has 298 valence electrons.